The van der Waals surface area contributed by atoms with Crippen LogP contribution in [0.3, 0.4) is 0 Å². The van der Waals surface area contributed by atoms with Gasteiger partial charge in [0.1, 0.15) is 5.15 Å². The number of nitrogens with zero attached hydrogens (tertiary/aromatic N) is 5. The summed E-state index contributed by atoms with van der Waals surface area (Å²) >= 11 is 6.00. The molecule has 3 N–H and O–H groups in total. The summed E-state index contributed by atoms with van der Waals surface area (Å²) in [7, 11) is -2.55. The fourth-order valence-corrected chi connectivity index (χ4v) is 6.64. The van der Waals surface area contributed by atoms with Crippen LogP contribution in [0.4, 0.5) is 11.6 Å². The summed E-state index contributed by atoms with van der Waals surface area (Å²) in [6, 6.07) is 6.18. The number of carbonyl (C=O) groups is 1. The number of pyridine rings is 1. The van der Waals surface area contributed by atoms with Crippen molar-refractivity contribution in [3.63, 3.8) is 0 Å². The summed E-state index contributed by atoms with van der Waals surface area (Å²) in [5, 5.41) is 10.1. The normalized spacial score (nSPS) is 15.2. The van der Waals surface area contributed by atoms with Crippen molar-refractivity contribution in [2.45, 2.75) is 50.6 Å². The van der Waals surface area contributed by atoms with E-state index in [4.69, 9.17) is 16.6 Å². The predicted molar refractivity (Wildman–Crippen MR) is 157 cm³/mol. The maximum Gasteiger partial charge on any atom is 0.283 e. The number of hydrogen-bond acceptors (Lipinski definition) is 9. The Morgan fingerprint density at radius 1 is 1.20 bits per heavy atom. The van der Waals surface area contributed by atoms with Gasteiger partial charge in [0.15, 0.2) is 0 Å². The van der Waals surface area contributed by atoms with Crippen molar-refractivity contribution >= 4 is 50.1 Å². The molecule has 0 spiro atoms. The van der Waals surface area contributed by atoms with E-state index in [1.807, 2.05) is 43.1 Å². The molecule has 12 nitrogen and oxygen atoms in total. The molecule has 5 rings (SSSR count). The zero-order valence-corrected chi connectivity index (χ0v) is 24.7. The number of piperidine rings is 1. The minimum absolute atomic E-state index is 0.0421. The van der Waals surface area contributed by atoms with Crippen molar-refractivity contribution in [1.29, 1.82) is 0 Å². The van der Waals surface area contributed by atoms with Crippen LogP contribution in [0.25, 0.3) is 10.9 Å². The van der Waals surface area contributed by atoms with E-state index < -0.39 is 27.0 Å². The molecule has 1 aromatic carbocycles. The maximum absolute atomic E-state index is 13.6. The van der Waals surface area contributed by atoms with Gasteiger partial charge >= 0.3 is 0 Å². The first-order chi connectivity index (χ1) is 19.4. The molecule has 216 valence electrons. The predicted octanol–water partition coefficient (Wildman–Crippen LogP) is 3.40. The van der Waals surface area contributed by atoms with Crippen LogP contribution in [-0.2, 0) is 21.9 Å². The summed E-state index contributed by atoms with van der Waals surface area (Å²) < 4.78 is 29.2. The average molecular weight is 599 g/mol. The number of benzene rings is 1. The number of anilines is 2. The summed E-state index contributed by atoms with van der Waals surface area (Å²) in [4.78, 5) is 36.2. The standard InChI is InChI=1S/C27H31ClN8O4S/c1-15-11-20(16(2)31-22-5-6-23(28)32-25(22)41(39,40)34-17(3)37)24-21(12-15)26(38)35(4)27(33-24)36-9-7-18(8-10-36)19-13-29-30-14-19/h5-6,11-14,16,18,31H,7-10H2,1-4H3,(H,29,30)(H,34,37)/t16-/m1/s1. The number of nitrogens with one attached hydrogen (secondary N) is 3. The van der Waals surface area contributed by atoms with Gasteiger partial charge in [0, 0.05) is 38.8 Å². The molecule has 1 fully saturated rings. The monoisotopic (exact) mass is 598 g/mol. The molecule has 41 heavy (non-hydrogen) atoms. The third-order valence-corrected chi connectivity index (χ3v) is 8.88. The molecule has 4 heterocycles. The zero-order valence-electron chi connectivity index (χ0n) is 23.1. The first-order valence-electron chi connectivity index (χ1n) is 13.2. The van der Waals surface area contributed by atoms with Crippen LogP contribution in [0.5, 0.6) is 0 Å². The Morgan fingerprint density at radius 3 is 2.59 bits per heavy atom. The second-order valence-corrected chi connectivity index (χ2v) is 12.3. The number of aryl methyl sites for hydroxylation is 1. The lowest BCUT2D eigenvalue weighted by Gasteiger charge is -2.33. The molecule has 1 aliphatic heterocycles. The largest absolute Gasteiger partial charge is 0.376 e. The molecule has 1 atom stereocenters. The average Bonchev–Trinajstić information content (AvgIpc) is 3.46. The Bertz CT molecular complexity index is 1780. The number of hydrogen-bond donors (Lipinski definition) is 3. The number of rotatable bonds is 7. The number of aromatic nitrogens is 5. The molecule has 0 bridgehead atoms. The molecule has 1 amide bonds. The molecule has 0 saturated carbocycles. The van der Waals surface area contributed by atoms with Gasteiger partial charge in [0.05, 0.1) is 28.8 Å². The number of amides is 1. The van der Waals surface area contributed by atoms with Crippen molar-refractivity contribution in [1.82, 2.24) is 29.5 Å². The van der Waals surface area contributed by atoms with Crippen LogP contribution in [-0.4, -0.2) is 52.1 Å². The van der Waals surface area contributed by atoms with Gasteiger partial charge in [-0.2, -0.15) is 13.5 Å². The number of H-pyrrole nitrogens is 1. The second-order valence-electron chi connectivity index (χ2n) is 10.3. The van der Waals surface area contributed by atoms with Crippen LogP contribution in [0.1, 0.15) is 55.3 Å². The van der Waals surface area contributed by atoms with Gasteiger partial charge in [-0.25, -0.2) is 14.7 Å². The SMILES string of the molecule is CC(=O)NS(=O)(=O)c1nc(Cl)ccc1N[C@H](C)c1cc(C)cc2c(=O)n(C)c(N3CCC(c4cn[nH]c4)CC3)nc12. The lowest BCUT2D eigenvalue weighted by atomic mass is 9.92. The lowest BCUT2D eigenvalue weighted by molar-refractivity contribution is -0.117. The molecule has 4 aromatic rings. The highest BCUT2D eigenvalue weighted by molar-refractivity contribution is 7.90. The lowest BCUT2D eigenvalue weighted by Crippen LogP contribution is -2.37. The van der Waals surface area contributed by atoms with Gasteiger partial charge in [-0.1, -0.05) is 17.7 Å². The van der Waals surface area contributed by atoms with E-state index in [1.165, 1.54) is 17.7 Å². The van der Waals surface area contributed by atoms with E-state index in [9.17, 15) is 18.0 Å². The van der Waals surface area contributed by atoms with Crippen LogP contribution in [0, 0.1) is 6.92 Å². The summed E-state index contributed by atoms with van der Waals surface area (Å²) in [6.07, 6.45) is 5.59. The molecule has 0 unspecified atom stereocenters. The minimum atomic E-state index is -4.28. The summed E-state index contributed by atoms with van der Waals surface area (Å²) in [5.41, 5.74) is 3.26. The third-order valence-electron chi connectivity index (χ3n) is 7.30. The van der Waals surface area contributed by atoms with Gasteiger partial charge in [-0.15, -0.1) is 0 Å². The van der Waals surface area contributed by atoms with E-state index in [0.29, 0.717) is 28.3 Å². The Balaban J connectivity index is 1.52. The molecule has 14 heteroatoms. The first-order valence-corrected chi connectivity index (χ1v) is 15.0. The van der Waals surface area contributed by atoms with Crippen molar-refractivity contribution in [3.05, 3.63) is 68.9 Å². The Kier molecular flexibility index (Phi) is 7.75. The van der Waals surface area contributed by atoms with E-state index in [0.717, 1.165) is 38.4 Å². The van der Waals surface area contributed by atoms with E-state index >= 15 is 0 Å². The van der Waals surface area contributed by atoms with Gasteiger partial charge in [0.25, 0.3) is 15.6 Å². The number of halogens is 1. The van der Waals surface area contributed by atoms with Crippen molar-refractivity contribution in [3.8, 4) is 0 Å². The topological polar surface area (TPSA) is 155 Å². The summed E-state index contributed by atoms with van der Waals surface area (Å²) in [5.74, 6) is 0.213. The molecule has 1 saturated heterocycles. The van der Waals surface area contributed by atoms with Gasteiger partial charge < -0.3 is 10.2 Å². The van der Waals surface area contributed by atoms with E-state index in [1.54, 1.807) is 11.6 Å². The van der Waals surface area contributed by atoms with E-state index in [-0.39, 0.29) is 16.4 Å². The van der Waals surface area contributed by atoms with Crippen LogP contribution >= 0.6 is 11.6 Å². The zero-order chi connectivity index (χ0) is 29.5. The molecule has 0 aliphatic carbocycles. The van der Waals surface area contributed by atoms with Gasteiger partial charge in [-0.3, -0.25) is 19.3 Å². The minimum Gasteiger partial charge on any atom is -0.376 e. The fraction of sp³-hybridized carbons (Fsp3) is 0.370. The molecular formula is C27H31ClN8O4S. The molecule has 0 radical (unpaired) electrons. The number of sulfonamides is 1. The fourth-order valence-electron chi connectivity index (χ4n) is 5.33. The van der Waals surface area contributed by atoms with Crippen molar-refractivity contribution in [2.24, 2.45) is 7.05 Å². The molecular weight excluding hydrogens is 568 g/mol. The molecule has 1 aliphatic rings. The summed E-state index contributed by atoms with van der Waals surface area (Å²) in [6.45, 7) is 6.29. The van der Waals surface area contributed by atoms with Crippen molar-refractivity contribution in [2.75, 3.05) is 23.3 Å². The van der Waals surface area contributed by atoms with Crippen molar-refractivity contribution < 1.29 is 13.2 Å². The second kappa shape index (κ2) is 11.1. The van der Waals surface area contributed by atoms with Crippen LogP contribution in [0.2, 0.25) is 5.15 Å². The first kappa shape index (κ1) is 28.6. The number of fused-ring (bicyclic) bond motifs is 1. The number of carbonyl (C=O) groups excluding carboxylic acids is 1. The van der Waals surface area contributed by atoms with E-state index in [2.05, 4.69) is 25.4 Å². The Labute approximate surface area is 242 Å². The maximum atomic E-state index is 13.6. The highest BCUT2D eigenvalue weighted by Crippen LogP contribution is 2.32. The smallest absolute Gasteiger partial charge is 0.283 e. The van der Waals surface area contributed by atoms with Gasteiger partial charge in [-0.05, 0) is 61.9 Å². The quantitative estimate of drug-likeness (QED) is 0.271. The Morgan fingerprint density at radius 2 is 1.93 bits per heavy atom. The van der Waals surface area contributed by atoms with Crippen LogP contribution in [0.15, 0.2) is 46.5 Å². The van der Waals surface area contributed by atoms with Crippen LogP contribution < -0.4 is 20.5 Å². The molecule has 3 aromatic heterocycles. The number of aromatic amines is 1. The Hall–Kier alpha value is -3.97. The third kappa shape index (κ3) is 5.77. The van der Waals surface area contributed by atoms with Gasteiger partial charge in [0.2, 0.25) is 16.9 Å². The highest BCUT2D eigenvalue weighted by Gasteiger charge is 2.27. The highest BCUT2D eigenvalue weighted by atomic mass is 35.5.